The molecule has 152 valence electrons. The van der Waals surface area contributed by atoms with E-state index in [9.17, 15) is 14.4 Å². The van der Waals surface area contributed by atoms with Gasteiger partial charge < -0.3 is 8.83 Å². The van der Waals surface area contributed by atoms with Gasteiger partial charge in [0.1, 0.15) is 22.3 Å². The van der Waals surface area contributed by atoms with Crippen LogP contribution in [0.25, 0.3) is 43.9 Å². The molecule has 0 spiro atoms. The fourth-order valence-electron chi connectivity index (χ4n) is 4.22. The predicted octanol–water partition coefficient (Wildman–Crippen LogP) is 5.44. The summed E-state index contributed by atoms with van der Waals surface area (Å²) in [6.45, 7) is 0. The minimum absolute atomic E-state index is 0.182. The first-order valence-corrected chi connectivity index (χ1v) is 10.1. The minimum Gasteiger partial charge on any atom is -0.456 e. The molecule has 4 aromatic carbocycles. The summed E-state index contributed by atoms with van der Waals surface area (Å²) in [7, 11) is 0. The van der Waals surface area contributed by atoms with E-state index in [2.05, 4.69) is 0 Å². The molecule has 0 aliphatic carbocycles. The Morgan fingerprint density at radius 2 is 0.906 bits per heavy atom. The molecule has 6 rings (SSSR count). The maximum Gasteiger partial charge on any atom is 0.201 e. The largest absolute Gasteiger partial charge is 0.456 e. The number of fused-ring (bicyclic) bond motifs is 4. The standard InChI is InChI=1S/C27H14O5/c28-25(17-9-5-13-21-23(17)26(29)15-7-1-3-11-19(15)31-21)18-10-6-14-22-24(18)27(30)16-8-2-4-12-20(16)32-22/h1-14H. The molecule has 2 heterocycles. The van der Waals surface area contributed by atoms with E-state index >= 15 is 0 Å². The first kappa shape index (κ1) is 18.3. The van der Waals surface area contributed by atoms with E-state index in [-0.39, 0.29) is 32.8 Å². The highest BCUT2D eigenvalue weighted by Crippen LogP contribution is 2.27. The Hall–Kier alpha value is -4.51. The number of para-hydroxylation sites is 2. The van der Waals surface area contributed by atoms with Crippen molar-refractivity contribution in [3.8, 4) is 0 Å². The van der Waals surface area contributed by atoms with Crippen LogP contribution in [0.15, 0.2) is 103 Å². The van der Waals surface area contributed by atoms with Gasteiger partial charge in [-0.05, 0) is 36.4 Å². The normalized spacial score (nSPS) is 11.5. The van der Waals surface area contributed by atoms with Crippen LogP contribution in [0.5, 0.6) is 0 Å². The summed E-state index contributed by atoms with van der Waals surface area (Å²) in [5, 5.41) is 1.17. The van der Waals surface area contributed by atoms with Gasteiger partial charge in [0, 0.05) is 11.1 Å². The van der Waals surface area contributed by atoms with Crippen LogP contribution in [0, 0.1) is 0 Å². The lowest BCUT2D eigenvalue weighted by molar-refractivity contribution is 0.104. The molecule has 0 amide bonds. The molecule has 32 heavy (non-hydrogen) atoms. The van der Waals surface area contributed by atoms with E-state index < -0.39 is 5.78 Å². The molecular formula is C27H14O5. The molecule has 0 unspecified atom stereocenters. The molecule has 0 saturated heterocycles. The molecule has 6 aromatic rings. The first-order chi connectivity index (χ1) is 15.6. The van der Waals surface area contributed by atoms with Gasteiger partial charge in [-0.2, -0.15) is 0 Å². The lowest BCUT2D eigenvalue weighted by atomic mass is 9.95. The van der Waals surface area contributed by atoms with Crippen molar-refractivity contribution in [2.45, 2.75) is 0 Å². The number of carbonyl (C=O) groups excluding carboxylic acids is 1. The van der Waals surface area contributed by atoms with E-state index in [0.717, 1.165) is 0 Å². The van der Waals surface area contributed by atoms with Crippen molar-refractivity contribution < 1.29 is 13.6 Å². The molecule has 0 aliphatic heterocycles. The predicted molar refractivity (Wildman–Crippen MR) is 123 cm³/mol. The quantitative estimate of drug-likeness (QED) is 0.277. The molecule has 0 fully saturated rings. The summed E-state index contributed by atoms with van der Waals surface area (Å²) >= 11 is 0. The van der Waals surface area contributed by atoms with Gasteiger partial charge in [0.2, 0.25) is 10.9 Å². The summed E-state index contributed by atoms with van der Waals surface area (Å²) in [4.78, 5) is 40.2. The van der Waals surface area contributed by atoms with Gasteiger partial charge in [-0.3, -0.25) is 14.4 Å². The van der Waals surface area contributed by atoms with Crippen LogP contribution in [0.3, 0.4) is 0 Å². The molecular weight excluding hydrogens is 404 g/mol. The lowest BCUT2D eigenvalue weighted by Crippen LogP contribution is -2.13. The Morgan fingerprint density at radius 1 is 0.500 bits per heavy atom. The van der Waals surface area contributed by atoms with Crippen LogP contribution in [-0.4, -0.2) is 5.78 Å². The highest BCUT2D eigenvalue weighted by Gasteiger charge is 2.21. The third-order valence-electron chi connectivity index (χ3n) is 5.70. The van der Waals surface area contributed by atoms with Crippen LogP contribution in [0.2, 0.25) is 0 Å². The zero-order valence-corrected chi connectivity index (χ0v) is 16.6. The van der Waals surface area contributed by atoms with Crippen molar-refractivity contribution in [3.63, 3.8) is 0 Å². The van der Waals surface area contributed by atoms with Crippen molar-refractivity contribution in [1.82, 2.24) is 0 Å². The number of hydrogen-bond acceptors (Lipinski definition) is 5. The molecule has 0 atom stereocenters. The fourth-order valence-corrected chi connectivity index (χ4v) is 4.22. The van der Waals surface area contributed by atoms with Gasteiger partial charge in [-0.25, -0.2) is 0 Å². The molecule has 0 aliphatic rings. The molecule has 5 heteroatoms. The van der Waals surface area contributed by atoms with Gasteiger partial charge in [0.15, 0.2) is 5.78 Å². The second-order valence-electron chi connectivity index (χ2n) is 7.54. The first-order valence-electron chi connectivity index (χ1n) is 10.1. The second kappa shape index (κ2) is 6.75. The zero-order valence-electron chi connectivity index (χ0n) is 16.6. The second-order valence-corrected chi connectivity index (χ2v) is 7.54. The van der Waals surface area contributed by atoms with Crippen molar-refractivity contribution in [2.24, 2.45) is 0 Å². The van der Waals surface area contributed by atoms with Gasteiger partial charge in [-0.1, -0.05) is 48.5 Å². The number of carbonyl (C=O) groups is 1. The highest BCUT2D eigenvalue weighted by molar-refractivity contribution is 6.21. The van der Waals surface area contributed by atoms with Crippen LogP contribution < -0.4 is 10.9 Å². The maximum atomic E-state index is 13.7. The molecule has 5 nitrogen and oxygen atoms in total. The summed E-state index contributed by atoms with van der Waals surface area (Å²) in [5.41, 5.74) is 1.32. The van der Waals surface area contributed by atoms with E-state index in [1.165, 1.54) is 0 Å². The van der Waals surface area contributed by atoms with Crippen molar-refractivity contribution in [3.05, 3.63) is 117 Å². The smallest absolute Gasteiger partial charge is 0.201 e. The molecule has 0 radical (unpaired) electrons. The Morgan fingerprint density at radius 3 is 1.38 bits per heavy atom. The zero-order chi connectivity index (χ0) is 21.8. The van der Waals surface area contributed by atoms with E-state index in [1.807, 2.05) is 0 Å². The summed E-state index contributed by atoms with van der Waals surface area (Å²) in [6, 6.07) is 23.6. The Balaban J connectivity index is 1.68. The minimum atomic E-state index is -0.439. The van der Waals surface area contributed by atoms with Crippen LogP contribution >= 0.6 is 0 Å². The Kier molecular flexibility index (Phi) is 3.86. The third kappa shape index (κ3) is 2.55. The van der Waals surface area contributed by atoms with Gasteiger partial charge >= 0.3 is 0 Å². The SMILES string of the molecule is O=C(c1cccc2oc3ccccc3c(=O)c12)c1cccc2oc3ccccc3c(=O)c12. The summed E-state index contributed by atoms with van der Waals surface area (Å²) < 4.78 is 11.8. The van der Waals surface area contributed by atoms with Crippen LogP contribution in [0.4, 0.5) is 0 Å². The third-order valence-corrected chi connectivity index (χ3v) is 5.70. The molecule has 0 N–H and O–H groups in total. The molecule has 0 saturated carbocycles. The molecule has 2 aromatic heterocycles. The van der Waals surface area contributed by atoms with E-state index in [4.69, 9.17) is 8.83 Å². The number of rotatable bonds is 2. The van der Waals surface area contributed by atoms with E-state index in [1.54, 1.807) is 84.9 Å². The monoisotopic (exact) mass is 418 g/mol. The van der Waals surface area contributed by atoms with Gasteiger partial charge in [0.25, 0.3) is 0 Å². The number of benzene rings is 4. The van der Waals surface area contributed by atoms with Gasteiger partial charge in [0.05, 0.1) is 21.5 Å². The summed E-state index contributed by atoms with van der Waals surface area (Å²) in [5.74, 6) is -0.439. The topological polar surface area (TPSA) is 77.5 Å². The highest BCUT2D eigenvalue weighted by atomic mass is 16.3. The summed E-state index contributed by atoms with van der Waals surface area (Å²) in [6.07, 6.45) is 0. The van der Waals surface area contributed by atoms with E-state index in [0.29, 0.717) is 33.1 Å². The lowest BCUT2D eigenvalue weighted by Gasteiger charge is -2.09. The van der Waals surface area contributed by atoms with Crippen molar-refractivity contribution in [2.75, 3.05) is 0 Å². The van der Waals surface area contributed by atoms with Crippen molar-refractivity contribution in [1.29, 1.82) is 0 Å². The van der Waals surface area contributed by atoms with Gasteiger partial charge in [-0.15, -0.1) is 0 Å². The van der Waals surface area contributed by atoms with Crippen LogP contribution in [0.1, 0.15) is 15.9 Å². The number of hydrogen-bond donors (Lipinski definition) is 0. The number of ketones is 1. The average Bonchev–Trinajstić information content (AvgIpc) is 2.83. The van der Waals surface area contributed by atoms with Crippen molar-refractivity contribution >= 4 is 49.7 Å². The Labute approximate surface area is 180 Å². The maximum absolute atomic E-state index is 13.7. The van der Waals surface area contributed by atoms with Crippen LogP contribution in [-0.2, 0) is 0 Å². The average molecular weight is 418 g/mol. The Bertz CT molecular complexity index is 1700. The fraction of sp³-hybridized carbons (Fsp3) is 0. The molecule has 0 bridgehead atoms.